The molecule has 0 bridgehead atoms. The summed E-state index contributed by atoms with van der Waals surface area (Å²) in [5, 5.41) is 14.0. The molecule has 0 atom stereocenters. The average molecular weight is 1770 g/mol. The van der Waals surface area contributed by atoms with Crippen molar-refractivity contribution in [2.75, 3.05) is 141 Å². The molecule has 4 aromatic carbocycles. The Morgan fingerprint density at radius 2 is 0.644 bits per heavy atom. The molecular weight excluding hydrogens is 1650 g/mol. The third-order valence-electron chi connectivity index (χ3n) is 26.8. The maximum atomic E-state index is 11.8. The van der Waals surface area contributed by atoms with Crippen LogP contribution in [-0.2, 0) is 11.3 Å². The molecule has 4 saturated heterocycles. The maximum absolute atomic E-state index is 11.8. The molecule has 6 fully saturated rings. The number of imidazole rings is 4. The van der Waals surface area contributed by atoms with Crippen molar-refractivity contribution >= 4 is 85.1 Å². The average Bonchev–Trinajstić information content (AvgIpc) is 1.59. The number of benzene rings is 4. The Bertz CT molecular complexity index is 6790. The van der Waals surface area contributed by atoms with Crippen molar-refractivity contribution in [3.05, 3.63) is 315 Å². The summed E-state index contributed by atoms with van der Waals surface area (Å²) in [4.78, 5) is 93.7. The topological polar surface area (TPSA) is 281 Å². The van der Waals surface area contributed by atoms with Crippen molar-refractivity contribution in [3.8, 4) is 45.0 Å². The first-order valence-corrected chi connectivity index (χ1v) is 46.8. The molecule has 4 aliphatic heterocycles. The number of piperazine rings is 3. The predicted molar refractivity (Wildman–Crippen MR) is 530 cm³/mol. The summed E-state index contributed by atoms with van der Waals surface area (Å²) < 4.78 is 13.4. The number of pyridine rings is 8. The van der Waals surface area contributed by atoms with E-state index in [1.165, 1.54) is 113 Å². The number of H-pyrrole nitrogens is 4. The van der Waals surface area contributed by atoms with Crippen LogP contribution < -0.4 is 58.2 Å². The van der Waals surface area contributed by atoms with Crippen LogP contribution in [0.3, 0.4) is 0 Å². The van der Waals surface area contributed by atoms with E-state index in [9.17, 15) is 19.2 Å². The highest BCUT2D eigenvalue weighted by Crippen LogP contribution is 2.36. The number of nitrogens with zero attached hydrogens (tertiary/aromatic N) is 15. The van der Waals surface area contributed by atoms with E-state index in [-0.39, 0.29) is 22.2 Å². The summed E-state index contributed by atoms with van der Waals surface area (Å²) in [6.45, 7) is 22.6. The number of aromatic amines is 4. The normalized spacial score (nSPS) is 16.2. The van der Waals surface area contributed by atoms with Crippen LogP contribution in [0.5, 0.6) is 0 Å². The van der Waals surface area contributed by atoms with Gasteiger partial charge in [0.15, 0.2) is 22.6 Å². The zero-order valence-electron chi connectivity index (χ0n) is 75.0. The molecule has 28 nitrogen and oxygen atoms in total. The number of nitrogens with one attached hydrogen (secondary N) is 8. The zero-order valence-corrected chi connectivity index (χ0v) is 75.0. The molecule has 8 N–H and O–H groups in total. The number of fused-ring (bicyclic) bond motifs is 4. The summed E-state index contributed by atoms with van der Waals surface area (Å²) in [6, 6.07) is 67.0. The minimum atomic E-state index is -0.125. The van der Waals surface area contributed by atoms with Gasteiger partial charge in [0, 0.05) is 277 Å². The summed E-state index contributed by atoms with van der Waals surface area (Å²) in [7, 11) is 0. The summed E-state index contributed by atoms with van der Waals surface area (Å²) in [5.41, 5.74) is 22.8. The second-order valence-electron chi connectivity index (χ2n) is 34.9. The van der Waals surface area contributed by atoms with Gasteiger partial charge in [0.25, 0.3) is 0 Å². The SMILES string of the molecule is CCC(CC)N1CCN(c2ccc(Nc3ccc(-c4cc[nH]c(=O)c4)n4ccnc34)cc2)CC1.O=c1cc(-c2ccc(Nc3ccc(CN4CCOCC4)cc3)c3nccn23)cc[nH]1.O=c1cc(-c2ccc(Nc3ccc(N4CCN(C5CCC5)CC4)cc3)c3nccn23)cc[nH]1.O=c1cc(-c2ccc(Nc3ccc(N4CCN(C5CCCCC5)CC4)cc3)c3nccn23)cc[nH]1. The second-order valence-corrected chi connectivity index (χ2v) is 34.9. The van der Waals surface area contributed by atoms with Crippen LogP contribution in [-0.4, -0.2) is 200 Å². The standard InChI is InChI=1S/C28H32N6O.C27H32N6O.C26H28N6O.C23H23N5O2/c35-27-20-21(12-13-29-27)26-11-10-25(28-30-14-15-34(26)28)31-22-6-8-24(9-7-22)33-18-16-32(17-19-33)23-4-2-1-3-5-23;1-3-22(4-2)31-15-17-32(18-16-31)23-7-5-21(6-8-23)30-24-9-10-25(33-14-13-29-27(24)33)20-11-12-28-26(34)19-20;33-25-18-19(10-11-27-25)24-9-8-23(26-28-12-13-32(24)26)29-20-4-6-22(7-5-20)31-16-14-30(15-17-31)21-2-1-3-21;29-22-15-18(7-8-24-22)21-6-5-20(23-25-9-10-28(21)23)26-19-3-1-17(2-4-19)16-27-11-13-30-14-12-27/h6-15,20,23,31H,1-5,16-19H2,(H,29,35);5-14,19,22,30H,3-4,15-18H2,1-2H3,(H,28,34);4-13,18,21,29H,1-3,14-17H2,(H,27,33);1-10,15,26H,11-14,16H2,(H,24,29). The molecule has 2 aliphatic carbocycles. The number of anilines is 11. The van der Waals surface area contributed by atoms with Gasteiger partial charge < -0.3 is 60.6 Å². The van der Waals surface area contributed by atoms with E-state index in [1.807, 2.05) is 115 Å². The van der Waals surface area contributed by atoms with E-state index >= 15 is 0 Å². The third-order valence-corrected chi connectivity index (χ3v) is 26.8. The lowest BCUT2D eigenvalue weighted by Gasteiger charge is -2.43. The Balaban J connectivity index is 0.000000114. The molecule has 2 saturated carbocycles. The number of hydrogen-bond donors (Lipinski definition) is 8. The van der Waals surface area contributed by atoms with Gasteiger partial charge in [0.05, 0.1) is 58.7 Å². The molecule has 0 radical (unpaired) electrons. The lowest BCUT2D eigenvalue weighted by Crippen LogP contribution is -2.52. The van der Waals surface area contributed by atoms with Gasteiger partial charge in [-0.15, -0.1) is 0 Å². The van der Waals surface area contributed by atoms with Gasteiger partial charge in [-0.2, -0.15) is 0 Å². The third kappa shape index (κ3) is 20.4. The molecule has 0 unspecified atom stereocenters. The Morgan fingerprint density at radius 3 is 0.939 bits per heavy atom. The molecule has 0 spiro atoms. The number of hydrogen-bond acceptors (Lipinski definition) is 20. The van der Waals surface area contributed by atoms with Gasteiger partial charge in [-0.1, -0.05) is 51.7 Å². The van der Waals surface area contributed by atoms with Crippen LogP contribution in [0.4, 0.5) is 62.6 Å². The Hall–Kier alpha value is -14.2. The van der Waals surface area contributed by atoms with Crippen molar-refractivity contribution in [1.82, 2.24) is 77.1 Å². The highest BCUT2D eigenvalue weighted by atomic mass is 16.5. The molecule has 12 aromatic heterocycles. The van der Waals surface area contributed by atoms with E-state index < -0.39 is 0 Å². The van der Waals surface area contributed by atoms with Crippen LogP contribution in [0.25, 0.3) is 67.6 Å². The van der Waals surface area contributed by atoms with Gasteiger partial charge in [-0.3, -0.25) is 56.4 Å². The van der Waals surface area contributed by atoms with E-state index in [2.05, 4.69) is 206 Å². The molecule has 28 heteroatoms. The molecular formula is C104H115N23O5. The van der Waals surface area contributed by atoms with Gasteiger partial charge in [-0.25, -0.2) is 19.9 Å². The number of ether oxygens (including phenoxy) is 1. The fourth-order valence-corrected chi connectivity index (χ4v) is 19.4. The van der Waals surface area contributed by atoms with Crippen LogP contribution >= 0.6 is 0 Å². The van der Waals surface area contributed by atoms with Crippen LogP contribution in [0.1, 0.15) is 83.6 Å². The summed E-state index contributed by atoms with van der Waals surface area (Å²) >= 11 is 0. The van der Waals surface area contributed by atoms with Crippen molar-refractivity contribution in [2.24, 2.45) is 0 Å². The number of rotatable bonds is 22. The lowest BCUT2D eigenvalue weighted by molar-refractivity contribution is 0.0342. The van der Waals surface area contributed by atoms with Gasteiger partial charge in [-0.05, 0) is 202 Å². The number of aromatic nitrogens is 12. The first-order chi connectivity index (χ1) is 64.9. The minimum Gasteiger partial charge on any atom is -0.379 e. The zero-order chi connectivity index (χ0) is 89.6. The van der Waals surface area contributed by atoms with E-state index in [0.29, 0.717) is 6.04 Å². The first-order valence-electron chi connectivity index (χ1n) is 46.8. The van der Waals surface area contributed by atoms with Crippen molar-refractivity contribution < 1.29 is 4.74 Å². The second kappa shape index (κ2) is 40.9. The number of morpholine rings is 1. The molecule has 16 heterocycles. The highest BCUT2D eigenvalue weighted by molar-refractivity contribution is 5.83. The minimum absolute atomic E-state index is 0.117. The maximum Gasteiger partial charge on any atom is 0.248 e. The van der Waals surface area contributed by atoms with E-state index in [1.54, 1.807) is 73.8 Å². The lowest BCUT2D eigenvalue weighted by atomic mass is 9.91. The smallest absolute Gasteiger partial charge is 0.248 e. The molecule has 676 valence electrons. The van der Waals surface area contributed by atoms with Gasteiger partial charge in [0.1, 0.15) is 0 Å². The summed E-state index contributed by atoms with van der Waals surface area (Å²) in [6.07, 6.45) is 35.1. The van der Waals surface area contributed by atoms with Crippen LogP contribution in [0.2, 0.25) is 0 Å². The molecule has 16 aromatic rings. The summed E-state index contributed by atoms with van der Waals surface area (Å²) in [5.74, 6) is 0. The van der Waals surface area contributed by atoms with E-state index in [0.717, 1.165) is 210 Å². The molecule has 6 aliphatic rings. The van der Waals surface area contributed by atoms with E-state index in [4.69, 9.17) is 4.74 Å². The monoisotopic (exact) mass is 1770 g/mol. The van der Waals surface area contributed by atoms with Gasteiger partial charge in [0.2, 0.25) is 22.2 Å². The highest BCUT2D eigenvalue weighted by Gasteiger charge is 2.30. The quantitative estimate of drug-likeness (QED) is 0.0313. The van der Waals surface area contributed by atoms with Crippen LogP contribution in [0, 0.1) is 0 Å². The molecule has 0 amide bonds. The van der Waals surface area contributed by atoms with Crippen molar-refractivity contribution in [2.45, 2.75) is 103 Å². The predicted octanol–water partition coefficient (Wildman–Crippen LogP) is 17.0. The van der Waals surface area contributed by atoms with Gasteiger partial charge >= 0.3 is 0 Å². The van der Waals surface area contributed by atoms with Crippen molar-refractivity contribution in [3.63, 3.8) is 0 Å². The van der Waals surface area contributed by atoms with Crippen molar-refractivity contribution in [1.29, 1.82) is 0 Å². The molecule has 132 heavy (non-hydrogen) atoms. The largest absolute Gasteiger partial charge is 0.379 e. The molecule has 22 rings (SSSR count). The fraction of sp³-hybridized carbons (Fsp3) is 0.308. The Kier molecular flexibility index (Phi) is 27.0. The fourth-order valence-electron chi connectivity index (χ4n) is 19.4. The Morgan fingerprint density at radius 1 is 0.341 bits per heavy atom. The Labute approximate surface area is 766 Å². The first kappa shape index (κ1) is 87.2. The van der Waals surface area contributed by atoms with Crippen LogP contribution in [0.15, 0.2) is 288 Å².